The van der Waals surface area contributed by atoms with Crippen molar-refractivity contribution < 1.29 is 13.3 Å². The molecule has 2 aromatic rings. The highest BCUT2D eigenvalue weighted by molar-refractivity contribution is 7.89. The third-order valence-electron chi connectivity index (χ3n) is 5.42. The fourth-order valence-corrected chi connectivity index (χ4v) is 4.20. The first-order valence-electron chi connectivity index (χ1n) is 9.60. The highest BCUT2D eigenvalue weighted by Crippen LogP contribution is 2.30. The molecule has 1 fully saturated rings. The van der Waals surface area contributed by atoms with E-state index in [9.17, 15) is 18.5 Å². The topological polar surface area (TPSA) is 119 Å². The van der Waals surface area contributed by atoms with Gasteiger partial charge in [-0.1, -0.05) is 37.3 Å². The second-order valence-electron chi connectivity index (χ2n) is 7.51. The number of likely N-dealkylation sites (tertiary alicyclic amines) is 1. The van der Waals surface area contributed by atoms with Gasteiger partial charge in [-0.3, -0.25) is 15.0 Å². The molecule has 0 aliphatic carbocycles. The smallest absolute Gasteiger partial charge is 0.293 e. The molecule has 1 aliphatic heterocycles. The van der Waals surface area contributed by atoms with E-state index in [0.717, 1.165) is 37.6 Å². The molecule has 156 valence electrons. The molecule has 2 aromatic carbocycles. The van der Waals surface area contributed by atoms with Gasteiger partial charge in [-0.05, 0) is 49.5 Å². The number of nitrogens with zero attached hydrogens (tertiary/aromatic N) is 2. The Hall–Kier alpha value is -2.49. The van der Waals surface area contributed by atoms with E-state index in [1.165, 1.54) is 12.1 Å². The summed E-state index contributed by atoms with van der Waals surface area (Å²) in [4.78, 5) is 13.0. The van der Waals surface area contributed by atoms with Crippen molar-refractivity contribution >= 4 is 21.4 Å². The number of primary sulfonamides is 1. The summed E-state index contributed by atoms with van der Waals surface area (Å²) in [6, 6.07) is 13.8. The monoisotopic (exact) mass is 418 g/mol. The fraction of sp³-hybridized carbons (Fsp3) is 0.400. The lowest BCUT2D eigenvalue weighted by Crippen LogP contribution is -2.39. The number of piperidine rings is 1. The van der Waals surface area contributed by atoms with Crippen molar-refractivity contribution in [3.05, 3.63) is 64.2 Å². The van der Waals surface area contributed by atoms with Gasteiger partial charge in [-0.15, -0.1) is 0 Å². The first-order valence-corrected chi connectivity index (χ1v) is 11.1. The van der Waals surface area contributed by atoms with Crippen LogP contribution in [-0.4, -0.2) is 37.9 Å². The number of nitrogens with one attached hydrogen (secondary N) is 1. The van der Waals surface area contributed by atoms with E-state index in [4.69, 9.17) is 5.14 Å². The molecule has 1 atom stereocenters. The normalized spacial score (nSPS) is 17.0. The summed E-state index contributed by atoms with van der Waals surface area (Å²) in [5.74, 6) is 0.697. The molecule has 1 heterocycles. The average molecular weight is 419 g/mol. The Morgan fingerprint density at radius 2 is 1.86 bits per heavy atom. The van der Waals surface area contributed by atoms with Crippen LogP contribution in [0.4, 0.5) is 11.4 Å². The van der Waals surface area contributed by atoms with E-state index in [1.807, 2.05) is 18.2 Å². The van der Waals surface area contributed by atoms with Gasteiger partial charge in [0.05, 0.1) is 15.9 Å². The van der Waals surface area contributed by atoms with Gasteiger partial charge in [0.25, 0.3) is 5.69 Å². The van der Waals surface area contributed by atoms with Crippen LogP contribution in [0.3, 0.4) is 0 Å². The number of rotatable bonds is 7. The Bertz CT molecular complexity index is 958. The Labute approximate surface area is 170 Å². The van der Waals surface area contributed by atoms with Crippen molar-refractivity contribution in [2.75, 3.05) is 25.0 Å². The minimum Gasteiger partial charge on any atom is -0.378 e. The molecule has 3 rings (SSSR count). The lowest BCUT2D eigenvalue weighted by atomic mass is 9.95. The first kappa shape index (κ1) is 21.2. The molecule has 9 heteroatoms. The molecule has 1 unspecified atom stereocenters. The van der Waals surface area contributed by atoms with Crippen molar-refractivity contribution in [3.8, 4) is 0 Å². The zero-order valence-corrected chi connectivity index (χ0v) is 17.1. The SMILES string of the molecule is CC1CCN(C(CNc2ccc(S(N)(=O)=O)cc2[N+](=O)[O-])c2ccccc2)CC1. The summed E-state index contributed by atoms with van der Waals surface area (Å²) in [6.45, 7) is 4.65. The summed E-state index contributed by atoms with van der Waals surface area (Å²) in [6.07, 6.45) is 2.24. The molecular weight excluding hydrogens is 392 g/mol. The van der Waals surface area contributed by atoms with Gasteiger partial charge in [-0.2, -0.15) is 0 Å². The van der Waals surface area contributed by atoms with Gasteiger partial charge < -0.3 is 5.32 Å². The predicted octanol–water partition coefficient (Wildman–Crippen LogP) is 3.13. The van der Waals surface area contributed by atoms with E-state index < -0.39 is 14.9 Å². The zero-order valence-electron chi connectivity index (χ0n) is 16.3. The molecule has 0 radical (unpaired) electrons. The second kappa shape index (κ2) is 8.89. The number of hydrogen-bond donors (Lipinski definition) is 2. The van der Waals surface area contributed by atoms with Gasteiger partial charge >= 0.3 is 0 Å². The number of nitro benzene ring substituents is 1. The van der Waals surface area contributed by atoms with E-state index in [0.29, 0.717) is 12.5 Å². The molecule has 0 amide bonds. The number of anilines is 1. The summed E-state index contributed by atoms with van der Waals surface area (Å²) in [5.41, 5.74) is 1.10. The minimum absolute atomic E-state index is 0.0567. The molecule has 1 aliphatic rings. The lowest BCUT2D eigenvalue weighted by molar-refractivity contribution is -0.384. The van der Waals surface area contributed by atoms with Crippen molar-refractivity contribution in [2.24, 2.45) is 11.1 Å². The molecule has 1 saturated heterocycles. The van der Waals surface area contributed by atoms with E-state index in [1.54, 1.807) is 0 Å². The molecule has 0 aromatic heterocycles. The van der Waals surface area contributed by atoms with E-state index in [-0.39, 0.29) is 22.3 Å². The van der Waals surface area contributed by atoms with Crippen LogP contribution in [0, 0.1) is 16.0 Å². The Morgan fingerprint density at radius 3 is 2.45 bits per heavy atom. The van der Waals surface area contributed by atoms with Crippen LogP contribution in [0.1, 0.15) is 31.4 Å². The maximum atomic E-state index is 11.5. The van der Waals surface area contributed by atoms with Crippen LogP contribution in [0.2, 0.25) is 0 Å². The maximum absolute atomic E-state index is 11.5. The molecule has 8 nitrogen and oxygen atoms in total. The number of nitrogens with two attached hydrogens (primary N) is 1. The van der Waals surface area contributed by atoms with Crippen molar-refractivity contribution in [1.82, 2.24) is 4.90 Å². The number of sulfonamides is 1. The summed E-state index contributed by atoms with van der Waals surface area (Å²) in [5, 5.41) is 19.7. The molecule has 0 spiro atoms. The van der Waals surface area contributed by atoms with Gasteiger partial charge in [-0.25, -0.2) is 13.6 Å². The molecule has 0 saturated carbocycles. The summed E-state index contributed by atoms with van der Waals surface area (Å²) < 4.78 is 23.1. The summed E-state index contributed by atoms with van der Waals surface area (Å²) in [7, 11) is -4.01. The van der Waals surface area contributed by atoms with Crippen LogP contribution < -0.4 is 10.5 Å². The first-order chi connectivity index (χ1) is 13.8. The van der Waals surface area contributed by atoms with Crippen LogP contribution in [0.5, 0.6) is 0 Å². The standard InChI is InChI=1S/C20H26N4O4S/c1-15-9-11-23(12-10-15)20(16-5-3-2-4-6-16)14-22-18-8-7-17(29(21,27)28)13-19(18)24(25)26/h2-8,13,15,20,22H,9-12,14H2,1H3,(H2,21,27,28). The highest BCUT2D eigenvalue weighted by atomic mass is 32.2. The number of hydrogen-bond acceptors (Lipinski definition) is 6. The van der Waals surface area contributed by atoms with Gasteiger partial charge in [0, 0.05) is 12.6 Å². The minimum atomic E-state index is -4.01. The lowest BCUT2D eigenvalue weighted by Gasteiger charge is -2.37. The molecule has 3 N–H and O–H groups in total. The molecule has 0 bridgehead atoms. The zero-order chi connectivity index (χ0) is 21.0. The number of benzene rings is 2. The van der Waals surface area contributed by atoms with Gasteiger partial charge in [0.15, 0.2) is 0 Å². The molecule has 29 heavy (non-hydrogen) atoms. The number of nitro groups is 1. The Morgan fingerprint density at radius 1 is 1.21 bits per heavy atom. The van der Waals surface area contributed by atoms with Crippen molar-refractivity contribution in [2.45, 2.75) is 30.7 Å². The van der Waals surface area contributed by atoms with E-state index >= 15 is 0 Å². The predicted molar refractivity (Wildman–Crippen MR) is 112 cm³/mol. The highest BCUT2D eigenvalue weighted by Gasteiger charge is 2.26. The quantitative estimate of drug-likeness (QED) is 0.527. The van der Waals surface area contributed by atoms with Crippen molar-refractivity contribution in [3.63, 3.8) is 0 Å². The van der Waals surface area contributed by atoms with Crippen LogP contribution in [0.25, 0.3) is 0 Å². The van der Waals surface area contributed by atoms with Gasteiger partial charge in [0.2, 0.25) is 10.0 Å². The fourth-order valence-electron chi connectivity index (χ4n) is 3.67. The van der Waals surface area contributed by atoms with Crippen LogP contribution in [0.15, 0.2) is 53.4 Å². The van der Waals surface area contributed by atoms with Gasteiger partial charge in [0.1, 0.15) is 5.69 Å². The van der Waals surface area contributed by atoms with Crippen molar-refractivity contribution in [1.29, 1.82) is 0 Å². The summed E-state index contributed by atoms with van der Waals surface area (Å²) >= 11 is 0. The Balaban J connectivity index is 1.85. The molecular formula is C20H26N4O4S. The van der Waals surface area contributed by atoms with E-state index in [2.05, 4.69) is 29.3 Å². The third-order valence-corrected chi connectivity index (χ3v) is 6.33. The Kier molecular flexibility index (Phi) is 6.51. The van der Waals surface area contributed by atoms with Crippen LogP contribution in [-0.2, 0) is 10.0 Å². The van der Waals surface area contributed by atoms with Crippen LogP contribution >= 0.6 is 0 Å². The second-order valence-corrected chi connectivity index (χ2v) is 9.07. The maximum Gasteiger partial charge on any atom is 0.293 e. The largest absolute Gasteiger partial charge is 0.378 e. The average Bonchev–Trinajstić information content (AvgIpc) is 2.69. The third kappa shape index (κ3) is 5.31.